The van der Waals surface area contributed by atoms with Crippen LogP contribution in [0.4, 0.5) is 0 Å². The van der Waals surface area contributed by atoms with Crippen LogP contribution in [0.1, 0.15) is 25.0 Å². The van der Waals surface area contributed by atoms with Gasteiger partial charge in [-0.2, -0.15) is 0 Å². The van der Waals surface area contributed by atoms with Gasteiger partial charge in [-0.25, -0.2) is 0 Å². The molecule has 7 nitrogen and oxygen atoms in total. The predicted molar refractivity (Wildman–Crippen MR) is 128 cm³/mol. The molecule has 1 atom stereocenters. The molecule has 0 radical (unpaired) electrons. The van der Waals surface area contributed by atoms with Crippen molar-refractivity contribution in [2.45, 2.75) is 32.9 Å². The first-order valence-corrected chi connectivity index (χ1v) is 11.7. The van der Waals surface area contributed by atoms with Crippen molar-refractivity contribution in [3.8, 4) is 5.75 Å². The Balaban J connectivity index is 1.69. The summed E-state index contributed by atoms with van der Waals surface area (Å²) in [6.07, 6.45) is 0.494. The van der Waals surface area contributed by atoms with Crippen molar-refractivity contribution in [2.75, 3.05) is 45.9 Å². The number of nitrogens with zero attached hydrogens (tertiary/aromatic N) is 3. The van der Waals surface area contributed by atoms with Crippen molar-refractivity contribution in [1.82, 2.24) is 14.7 Å². The quantitative estimate of drug-likeness (QED) is 0.599. The molecule has 33 heavy (non-hydrogen) atoms. The molecule has 1 N–H and O–H groups in total. The summed E-state index contributed by atoms with van der Waals surface area (Å²) in [5.74, 6) is 0.217. The first kappa shape index (κ1) is 24.7. The predicted octanol–water partition coefficient (Wildman–Crippen LogP) is 2.53. The van der Waals surface area contributed by atoms with Gasteiger partial charge in [-0.1, -0.05) is 42.5 Å². The fraction of sp³-hybridized carbons (Fsp3) is 0.462. The Morgan fingerprint density at radius 1 is 1.06 bits per heavy atom. The minimum atomic E-state index is -0.274. The van der Waals surface area contributed by atoms with E-state index in [1.807, 2.05) is 47.9 Å². The van der Waals surface area contributed by atoms with Gasteiger partial charge in [-0.05, 0) is 43.5 Å². The van der Waals surface area contributed by atoms with Crippen molar-refractivity contribution in [1.29, 1.82) is 0 Å². The van der Waals surface area contributed by atoms with Crippen molar-refractivity contribution >= 4 is 11.8 Å². The van der Waals surface area contributed by atoms with Crippen LogP contribution < -0.4 is 0 Å². The zero-order chi connectivity index (χ0) is 23.6. The molecule has 0 unspecified atom stereocenters. The van der Waals surface area contributed by atoms with Gasteiger partial charge in [0.15, 0.2) is 0 Å². The molecule has 0 aliphatic carbocycles. The third-order valence-electron chi connectivity index (χ3n) is 5.99. The van der Waals surface area contributed by atoms with Crippen molar-refractivity contribution in [3.63, 3.8) is 0 Å². The molecule has 3 rings (SSSR count). The largest absolute Gasteiger partial charge is 0.508 e. The van der Waals surface area contributed by atoms with Gasteiger partial charge in [0.1, 0.15) is 12.4 Å². The van der Waals surface area contributed by atoms with Crippen LogP contribution in [0.2, 0.25) is 0 Å². The highest BCUT2D eigenvalue weighted by molar-refractivity contribution is 5.79. The molecule has 178 valence electrons. The first-order chi connectivity index (χ1) is 16.0. The molecule has 0 bridgehead atoms. The third-order valence-corrected chi connectivity index (χ3v) is 5.99. The van der Waals surface area contributed by atoms with Gasteiger partial charge in [0.05, 0.1) is 12.6 Å². The standard InChI is InChI=1S/C26H35N3O4/c1-3-28(4-2)26(32)20-33-24-17-27(16-22-11-8-12-23(30)15-22)19-25(31)29(18-24)14-13-21-9-6-5-7-10-21/h5-12,15,24,30H,3-4,13-14,16-20H2,1-2H3/t24-/m0/s1. The minimum Gasteiger partial charge on any atom is -0.508 e. The van der Waals surface area contributed by atoms with Gasteiger partial charge in [-0.3, -0.25) is 14.5 Å². The summed E-state index contributed by atoms with van der Waals surface area (Å²) in [5, 5.41) is 9.81. The summed E-state index contributed by atoms with van der Waals surface area (Å²) in [4.78, 5) is 31.2. The lowest BCUT2D eigenvalue weighted by atomic mass is 10.1. The zero-order valence-electron chi connectivity index (χ0n) is 19.7. The summed E-state index contributed by atoms with van der Waals surface area (Å²) in [6, 6.07) is 17.2. The molecular formula is C26H35N3O4. The third kappa shape index (κ3) is 7.58. The molecule has 2 aromatic rings. The van der Waals surface area contributed by atoms with E-state index in [4.69, 9.17) is 4.74 Å². The second-order valence-corrected chi connectivity index (χ2v) is 8.41. The second kappa shape index (κ2) is 12.4. The molecule has 1 saturated heterocycles. The molecule has 1 aliphatic heterocycles. The summed E-state index contributed by atoms with van der Waals surface area (Å²) < 4.78 is 6.06. The Morgan fingerprint density at radius 2 is 1.79 bits per heavy atom. The molecule has 0 aromatic heterocycles. The maximum absolute atomic E-state index is 13.1. The number of amides is 2. The highest BCUT2D eigenvalue weighted by atomic mass is 16.5. The summed E-state index contributed by atoms with van der Waals surface area (Å²) >= 11 is 0. The number of rotatable bonds is 10. The lowest BCUT2D eigenvalue weighted by Gasteiger charge is -2.26. The van der Waals surface area contributed by atoms with Crippen LogP contribution in [0.5, 0.6) is 5.75 Å². The summed E-state index contributed by atoms with van der Waals surface area (Å²) in [7, 11) is 0. The number of likely N-dealkylation sites (N-methyl/N-ethyl adjacent to an activating group) is 1. The summed E-state index contributed by atoms with van der Waals surface area (Å²) in [6.45, 7) is 7.60. The average Bonchev–Trinajstić information content (AvgIpc) is 2.95. The number of hydrogen-bond donors (Lipinski definition) is 1. The number of aromatic hydroxyl groups is 1. The van der Waals surface area contributed by atoms with Crippen molar-refractivity contribution in [3.05, 3.63) is 65.7 Å². The highest BCUT2D eigenvalue weighted by Gasteiger charge is 2.29. The van der Waals surface area contributed by atoms with Crippen LogP contribution in [0.3, 0.4) is 0 Å². The highest BCUT2D eigenvalue weighted by Crippen LogP contribution is 2.16. The van der Waals surface area contributed by atoms with Crippen LogP contribution >= 0.6 is 0 Å². The molecule has 0 spiro atoms. The lowest BCUT2D eigenvalue weighted by molar-refractivity contribution is -0.138. The monoisotopic (exact) mass is 453 g/mol. The van der Waals surface area contributed by atoms with Crippen LogP contribution in [0.15, 0.2) is 54.6 Å². The first-order valence-electron chi connectivity index (χ1n) is 11.7. The Hall–Kier alpha value is -2.90. The number of ether oxygens (including phenoxy) is 1. The minimum absolute atomic E-state index is 0.00697. The van der Waals surface area contributed by atoms with Gasteiger partial charge in [0, 0.05) is 39.3 Å². The van der Waals surface area contributed by atoms with E-state index < -0.39 is 0 Å². The maximum Gasteiger partial charge on any atom is 0.248 e. The van der Waals surface area contributed by atoms with Gasteiger partial charge >= 0.3 is 0 Å². The molecule has 1 heterocycles. The number of benzene rings is 2. The van der Waals surface area contributed by atoms with E-state index in [0.29, 0.717) is 39.3 Å². The number of phenolic OH excluding ortho intramolecular Hbond substituents is 1. The molecule has 7 heteroatoms. The number of carbonyl (C=O) groups excluding carboxylic acids is 2. The topological polar surface area (TPSA) is 73.3 Å². The Kier molecular flexibility index (Phi) is 9.27. The van der Waals surface area contributed by atoms with Gasteiger partial charge < -0.3 is 19.6 Å². The fourth-order valence-corrected chi connectivity index (χ4v) is 4.17. The SMILES string of the molecule is CCN(CC)C(=O)CO[C@H]1CN(Cc2cccc(O)c2)CC(=O)N(CCc2ccccc2)C1. The van der Waals surface area contributed by atoms with E-state index in [-0.39, 0.29) is 36.8 Å². The fourth-order valence-electron chi connectivity index (χ4n) is 4.17. The van der Waals surface area contributed by atoms with E-state index in [9.17, 15) is 14.7 Å². The molecule has 0 saturated carbocycles. The number of phenols is 1. The van der Waals surface area contributed by atoms with Gasteiger partial charge in [-0.15, -0.1) is 0 Å². The second-order valence-electron chi connectivity index (χ2n) is 8.41. The Labute approximate surface area is 196 Å². The molecule has 1 fully saturated rings. The Bertz CT molecular complexity index is 901. The van der Waals surface area contributed by atoms with E-state index in [1.54, 1.807) is 23.1 Å². The molecular weight excluding hydrogens is 418 g/mol. The van der Waals surface area contributed by atoms with Crippen LogP contribution in [-0.4, -0.2) is 83.6 Å². The van der Waals surface area contributed by atoms with E-state index in [0.717, 1.165) is 12.0 Å². The normalized spacial score (nSPS) is 17.1. The maximum atomic E-state index is 13.1. The zero-order valence-corrected chi connectivity index (χ0v) is 19.7. The van der Waals surface area contributed by atoms with Crippen LogP contribution in [0, 0.1) is 0 Å². The van der Waals surface area contributed by atoms with Gasteiger partial charge in [0.2, 0.25) is 11.8 Å². The van der Waals surface area contributed by atoms with Crippen molar-refractivity contribution in [2.24, 2.45) is 0 Å². The lowest BCUT2D eigenvalue weighted by Crippen LogP contribution is -2.41. The number of carbonyl (C=O) groups is 2. The van der Waals surface area contributed by atoms with Crippen LogP contribution in [-0.2, 0) is 27.3 Å². The number of hydrogen-bond acceptors (Lipinski definition) is 5. The molecule has 2 aromatic carbocycles. The smallest absolute Gasteiger partial charge is 0.248 e. The van der Waals surface area contributed by atoms with E-state index >= 15 is 0 Å². The molecule has 1 aliphatic rings. The Morgan fingerprint density at radius 3 is 2.48 bits per heavy atom. The van der Waals surface area contributed by atoms with E-state index in [1.165, 1.54) is 5.56 Å². The molecule has 2 amide bonds. The van der Waals surface area contributed by atoms with Gasteiger partial charge in [0.25, 0.3) is 0 Å². The summed E-state index contributed by atoms with van der Waals surface area (Å²) in [5.41, 5.74) is 2.11. The van der Waals surface area contributed by atoms with Crippen LogP contribution in [0.25, 0.3) is 0 Å². The average molecular weight is 454 g/mol. The van der Waals surface area contributed by atoms with E-state index in [2.05, 4.69) is 12.1 Å². The van der Waals surface area contributed by atoms with Crippen molar-refractivity contribution < 1.29 is 19.4 Å².